The summed E-state index contributed by atoms with van der Waals surface area (Å²) in [6.07, 6.45) is 2.15. The van der Waals surface area contributed by atoms with Crippen molar-refractivity contribution in [2.45, 2.75) is 39.3 Å². The fraction of sp³-hybridized carbons (Fsp3) is 0.316. The third-order valence-corrected chi connectivity index (χ3v) is 5.27. The number of nitrogens with one attached hydrogen (secondary N) is 1. The summed E-state index contributed by atoms with van der Waals surface area (Å²) in [6, 6.07) is 11.9. The van der Waals surface area contributed by atoms with E-state index in [-0.39, 0.29) is 6.03 Å². The normalized spacial score (nSPS) is 13.6. The molecule has 2 aromatic heterocycles. The van der Waals surface area contributed by atoms with E-state index < -0.39 is 0 Å². The van der Waals surface area contributed by atoms with Gasteiger partial charge in [-0.25, -0.2) is 4.79 Å². The first kappa shape index (κ1) is 16.8. The lowest BCUT2D eigenvalue weighted by Crippen LogP contribution is -2.36. The van der Waals surface area contributed by atoms with E-state index in [1.54, 1.807) is 18.3 Å². The Labute approximate surface area is 155 Å². The molecule has 1 N–H and O–H groups in total. The number of hydrogen-bond acceptors (Lipinski definition) is 5. The lowest BCUT2D eigenvalue weighted by molar-refractivity contribution is 0.206. The smallest absolute Gasteiger partial charge is 0.322 e. The third-order valence-electron chi connectivity index (χ3n) is 4.28. The van der Waals surface area contributed by atoms with Crippen LogP contribution in [0, 0.1) is 13.8 Å². The molecule has 0 spiro atoms. The van der Waals surface area contributed by atoms with Gasteiger partial charge in [0.1, 0.15) is 0 Å². The largest absolute Gasteiger partial charge is 0.421 e. The Hall–Kier alpha value is -2.67. The molecule has 1 aliphatic carbocycles. The van der Waals surface area contributed by atoms with Crippen LogP contribution < -0.4 is 5.32 Å². The topological polar surface area (TPSA) is 71.3 Å². The first-order valence-electron chi connectivity index (χ1n) is 8.62. The first-order chi connectivity index (χ1) is 12.6. The van der Waals surface area contributed by atoms with Crippen LogP contribution in [0.15, 0.2) is 40.8 Å². The van der Waals surface area contributed by atoms with Gasteiger partial charge >= 0.3 is 6.03 Å². The summed E-state index contributed by atoms with van der Waals surface area (Å²) >= 11 is 1.74. The van der Waals surface area contributed by atoms with Gasteiger partial charge in [0.25, 0.3) is 0 Å². The average molecular weight is 368 g/mol. The maximum absolute atomic E-state index is 12.7. The molecular formula is C19H20N4O2S. The number of amides is 2. The molecule has 7 heteroatoms. The maximum atomic E-state index is 12.7. The summed E-state index contributed by atoms with van der Waals surface area (Å²) in [5, 5.41) is 10.8. The maximum Gasteiger partial charge on any atom is 0.322 e. The SMILES string of the molecule is Cc1nnc(-c2ccc(NC(=O)N(Cc3ccc(C)s3)C3CC3)cc2)o1. The highest BCUT2D eigenvalue weighted by molar-refractivity contribution is 7.11. The number of thiophene rings is 1. The zero-order valence-electron chi connectivity index (χ0n) is 14.7. The van der Waals surface area contributed by atoms with Gasteiger partial charge in [0.15, 0.2) is 0 Å². The summed E-state index contributed by atoms with van der Waals surface area (Å²) in [5.41, 5.74) is 1.58. The molecule has 0 radical (unpaired) electrons. The van der Waals surface area contributed by atoms with Gasteiger partial charge in [-0.1, -0.05) is 0 Å². The van der Waals surface area contributed by atoms with Crippen molar-refractivity contribution in [2.75, 3.05) is 5.32 Å². The number of aryl methyl sites for hydroxylation is 2. The minimum atomic E-state index is -0.0556. The Morgan fingerprint density at radius 2 is 1.96 bits per heavy atom. The number of hydrogen-bond donors (Lipinski definition) is 1. The van der Waals surface area contributed by atoms with Crippen LogP contribution >= 0.6 is 11.3 Å². The van der Waals surface area contributed by atoms with Gasteiger partial charge in [-0.3, -0.25) is 0 Å². The van der Waals surface area contributed by atoms with E-state index in [4.69, 9.17) is 4.42 Å². The minimum Gasteiger partial charge on any atom is -0.421 e. The van der Waals surface area contributed by atoms with Crippen molar-refractivity contribution >= 4 is 23.1 Å². The summed E-state index contributed by atoms with van der Waals surface area (Å²) in [7, 11) is 0. The third kappa shape index (κ3) is 3.77. The molecule has 134 valence electrons. The molecule has 0 atom stereocenters. The van der Waals surface area contributed by atoms with Crippen LogP contribution in [0.25, 0.3) is 11.5 Å². The van der Waals surface area contributed by atoms with E-state index in [1.807, 2.05) is 29.2 Å². The molecule has 2 heterocycles. The lowest BCUT2D eigenvalue weighted by atomic mass is 10.2. The van der Waals surface area contributed by atoms with E-state index in [2.05, 4.69) is 34.6 Å². The van der Waals surface area contributed by atoms with Crippen LogP contribution in [0.5, 0.6) is 0 Å². The Morgan fingerprint density at radius 3 is 2.54 bits per heavy atom. The molecule has 3 aromatic rings. The molecule has 1 aliphatic rings. The van der Waals surface area contributed by atoms with Crippen molar-refractivity contribution in [3.05, 3.63) is 52.0 Å². The fourth-order valence-corrected chi connectivity index (χ4v) is 3.68. The molecule has 6 nitrogen and oxygen atoms in total. The van der Waals surface area contributed by atoms with Crippen LogP contribution in [0.4, 0.5) is 10.5 Å². The molecule has 0 unspecified atom stereocenters. The second kappa shape index (κ2) is 6.92. The lowest BCUT2D eigenvalue weighted by Gasteiger charge is -2.22. The Bertz CT molecular complexity index is 912. The van der Waals surface area contributed by atoms with Crippen molar-refractivity contribution in [1.29, 1.82) is 0 Å². The molecule has 0 aliphatic heterocycles. The van der Waals surface area contributed by atoms with Gasteiger partial charge < -0.3 is 14.6 Å². The second-order valence-electron chi connectivity index (χ2n) is 6.51. The molecule has 1 saturated carbocycles. The van der Waals surface area contributed by atoms with Gasteiger partial charge in [-0.2, -0.15) is 0 Å². The Balaban J connectivity index is 1.44. The number of anilines is 1. The van der Waals surface area contributed by atoms with Crippen LogP contribution in [0.3, 0.4) is 0 Å². The average Bonchev–Trinajstić information content (AvgIpc) is 3.24. The van der Waals surface area contributed by atoms with E-state index >= 15 is 0 Å². The number of carbonyl (C=O) groups is 1. The predicted molar refractivity (Wildman–Crippen MR) is 101 cm³/mol. The number of aromatic nitrogens is 2. The van der Waals surface area contributed by atoms with Gasteiger partial charge in [0.2, 0.25) is 11.8 Å². The number of rotatable bonds is 5. The van der Waals surface area contributed by atoms with E-state index in [0.717, 1.165) is 24.1 Å². The standard InChI is InChI=1S/C19H20N4O2S/c1-12-3-10-17(26-12)11-23(16-8-9-16)19(24)20-15-6-4-14(5-7-15)18-22-21-13(2)25-18/h3-7,10,16H,8-9,11H2,1-2H3,(H,20,24). The predicted octanol–water partition coefficient (Wildman–Crippen LogP) is 4.61. The quantitative estimate of drug-likeness (QED) is 0.714. The van der Waals surface area contributed by atoms with Crippen LogP contribution in [-0.2, 0) is 6.54 Å². The van der Waals surface area contributed by atoms with E-state index in [9.17, 15) is 4.79 Å². The highest BCUT2D eigenvalue weighted by atomic mass is 32.1. The van der Waals surface area contributed by atoms with Crippen molar-refractivity contribution < 1.29 is 9.21 Å². The summed E-state index contributed by atoms with van der Waals surface area (Å²) in [5.74, 6) is 1.01. The molecular weight excluding hydrogens is 348 g/mol. The zero-order valence-corrected chi connectivity index (χ0v) is 15.5. The summed E-state index contributed by atoms with van der Waals surface area (Å²) in [4.78, 5) is 17.2. The molecule has 0 bridgehead atoms. The van der Waals surface area contributed by atoms with Crippen molar-refractivity contribution in [3.8, 4) is 11.5 Å². The highest BCUT2D eigenvalue weighted by Gasteiger charge is 2.32. The number of carbonyl (C=O) groups excluding carboxylic acids is 1. The monoisotopic (exact) mass is 368 g/mol. The van der Waals surface area contributed by atoms with Crippen LogP contribution in [-0.4, -0.2) is 27.2 Å². The summed E-state index contributed by atoms with van der Waals surface area (Å²) in [6.45, 7) is 4.50. The molecule has 1 aromatic carbocycles. The second-order valence-corrected chi connectivity index (χ2v) is 7.88. The van der Waals surface area contributed by atoms with Gasteiger partial charge in [0, 0.05) is 34.0 Å². The minimum absolute atomic E-state index is 0.0556. The fourth-order valence-electron chi connectivity index (χ4n) is 2.80. The molecule has 1 fully saturated rings. The van der Waals surface area contributed by atoms with Gasteiger partial charge in [-0.15, -0.1) is 21.5 Å². The van der Waals surface area contributed by atoms with Crippen LogP contribution in [0.1, 0.15) is 28.5 Å². The van der Waals surface area contributed by atoms with E-state index in [0.29, 0.717) is 24.4 Å². The Morgan fingerprint density at radius 1 is 1.19 bits per heavy atom. The van der Waals surface area contributed by atoms with Crippen molar-refractivity contribution in [3.63, 3.8) is 0 Å². The Kier molecular flexibility index (Phi) is 4.46. The van der Waals surface area contributed by atoms with E-state index in [1.165, 1.54) is 9.75 Å². The molecule has 0 saturated heterocycles. The number of urea groups is 1. The van der Waals surface area contributed by atoms with Crippen molar-refractivity contribution in [2.24, 2.45) is 0 Å². The molecule has 2 amide bonds. The first-order valence-corrected chi connectivity index (χ1v) is 9.43. The molecule has 26 heavy (non-hydrogen) atoms. The van der Waals surface area contributed by atoms with Crippen LogP contribution in [0.2, 0.25) is 0 Å². The highest BCUT2D eigenvalue weighted by Crippen LogP contribution is 2.30. The van der Waals surface area contributed by atoms with Gasteiger partial charge in [-0.05, 0) is 56.2 Å². The van der Waals surface area contributed by atoms with Gasteiger partial charge in [0.05, 0.1) is 6.54 Å². The van der Waals surface area contributed by atoms with Crippen molar-refractivity contribution in [1.82, 2.24) is 15.1 Å². The zero-order chi connectivity index (χ0) is 18.1. The molecule has 4 rings (SSSR count). The summed E-state index contributed by atoms with van der Waals surface area (Å²) < 4.78 is 5.42. The number of benzene rings is 1. The number of nitrogens with zero attached hydrogens (tertiary/aromatic N) is 3.